The van der Waals surface area contributed by atoms with Crippen molar-refractivity contribution in [3.63, 3.8) is 0 Å². The van der Waals surface area contributed by atoms with Crippen molar-refractivity contribution in [2.75, 3.05) is 0 Å². The standard InChI is InChI=1S/C63H36N4O2/c1-3-14-37(15-4-1)41-34-42(38-16-5-2-6-17-38)36-43(35-41)62-64-61(65-63(66-62)50-23-11-22-48-46-19-8-10-26-53(46)69-60(48)50)40-30-28-39(29-31-40)44-20-12-25-52-56(44)49-32-33-55-58-57-47(21-13-27-54(57)68-55)45-18-7-9-24-51(45)67(52)59(49)58/h1-36H. The summed E-state index contributed by atoms with van der Waals surface area (Å²) in [6.45, 7) is 0. The Bertz CT molecular complexity index is 4460. The minimum atomic E-state index is 0.538. The fourth-order valence-electron chi connectivity index (χ4n) is 10.9. The van der Waals surface area contributed by atoms with Crippen LogP contribution in [-0.2, 0) is 0 Å². The Hall–Kier alpha value is -9.39. The van der Waals surface area contributed by atoms with Gasteiger partial charge in [0, 0.05) is 43.4 Å². The second-order valence-electron chi connectivity index (χ2n) is 17.9. The van der Waals surface area contributed by atoms with Crippen molar-refractivity contribution < 1.29 is 8.83 Å². The molecule has 0 radical (unpaired) electrons. The van der Waals surface area contributed by atoms with Gasteiger partial charge >= 0.3 is 0 Å². The van der Waals surface area contributed by atoms with Crippen LogP contribution in [0.4, 0.5) is 0 Å². The molecular weight excluding hydrogens is 845 g/mol. The van der Waals surface area contributed by atoms with Crippen molar-refractivity contribution in [2.45, 2.75) is 0 Å². The van der Waals surface area contributed by atoms with Gasteiger partial charge in [-0.15, -0.1) is 0 Å². The molecule has 6 nitrogen and oxygen atoms in total. The zero-order valence-corrected chi connectivity index (χ0v) is 36.9. The molecule has 0 bridgehead atoms. The molecule has 0 amide bonds. The first kappa shape index (κ1) is 37.8. The molecule has 6 heteroatoms. The number of aromatic nitrogens is 4. The number of furan rings is 2. The van der Waals surface area contributed by atoms with E-state index in [-0.39, 0.29) is 0 Å². The van der Waals surface area contributed by atoms with Gasteiger partial charge in [-0.1, -0.05) is 158 Å². The molecule has 15 rings (SSSR count). The van der Waals surface area contributed by atoms with Crippen molar-refractivity contribution in [1.29, 1.82) is 0 Å². The molecule has 0 aliphatic rings. The molecule has 0 N–H and O–H groups in total. The van der Waals surface area contributed by atoms with Crippen LogP contribution in [0.1, 0.15) is 0 Å². The molecule has 15 aromatic rings. The van der Waals surface area contributed by atoms with Crippen LogP contribution in [0.5, 0.6) is 0 Å². The molecule has 0 unspecified atom stereocenters. The van der Waals surface area contributed by atoms with Gasteiger partial charge in [0.1, 0.15) is 22.3 Å². The van der Waals surface area contributed by atoms with Gasteiger partial charge in [-0.3, -0.25) is 0 Å². The monoisotopic (exact) mass is 880 g/mol. The summed E-state index contributed by atoms with van der Waals surface area (Å²) in [5.41, 5.74) is 16.0. The summed E-state index contributed by atoms with van der Waals surface area (Å²) in [6, 6.07) is 76.7. The second-order valence-corrected chi connectivity index (χ2v) is 17.9. The van der Waals surface area contributed by atoms with Crippen LogP contribution in [0.25, 0.3) is 150 Å². The van der Waals surface area contributed by atoms with Crippen LogP contribution >= 0.6 is 0 Å². The molecule has 0 saturated heterocycles. The predicted octanol–water partition coefficient (Wildman–Crippen LogP) is 16.8. The average Bonchev–Trinajstić information content (AvgIpc) is 4.08. The van der Waals surface area contributed by atoms with Gasteiger partial charge in [-0.2, -0.15) is 0 Å². The number of para-hydroxylation sites is 3. The van der Waals surface area contributed by atoms with Crippen molar-refractivity contribution in [2.24, 2.45) is 0 Å². The maximum atomic E-state index is 6.58. The highest BCUT2D eigenvalue weighted by Gasteiger charge is 2.24. The van der Waals surface area contributed by atoms with E-state index in [4.69, 9.17) is 23.8 Å². The number of benzene rings is 10. The zero-order chi connectivity index (χ0) is 45.2. The van der Waals surface area contributed by atoms with Crippen LogP contribution < -0.4 is 0 Å². The van der Waals surface area contributed by atoms with Crippen LogP contribution in [0.15, 0.2) is 227 Å². The lowest BCUT2D eigenvalue weighted by Gasteiger charge is -2.13. The Labute approximate surface area is 394 Å². The van der Waals surface area contributed by atoms with Crippen LogP contribution in [0.2, 0.25) is 0 Å². The summed E-state index contributed by atoms with van der Waals surface area (Å²) in [5.74, 6) is 1.68. The van der Waals surface area contributed by atoms with E-state index >= 15 is 0 Å². The summed E-state index contributed by atoms with van der Waals surface area (Å²) in [4.78, 5) is 15.9. The van der Waals surface area contributed by atoms with E-state index in [0.717, 1.165) is 105 Å². The minimum Gasteiger partial charge on any atom is -0.456 e. The molecule has 5 aromatic heterocycles. The SMILES string of the molecule is c1ccc(-c2cc(-c3ccccc3)cc(-c3nc(-c4ccc(-c5cccc6c5c5ccc7oc8cccc9c%10ccccc%10n6c5c7c89)cc4)nc(-c4cccc5c4oc4ccccc45)n3)c2)cc1. The van der Waals surface area contributed by atoms with E-state index in [1.54, 1.807) is 0 Å². The van der Waals surface area contributed by atoms with Gasteiger partial charge < -0.3 is 13.2 Å². The van der Waals surface area contributed by atoms with Gasteiger partial charge in [-0.05, 0) is 99.4 Å². The summed E-state index contributed by atoms with van der Waals surface area (Å²) in [6.07, 6.45) is 0. The molecule has 69 heavy (non-hydrogen) atoms. The number of hydrogen-bond acceptors (Lipinski definition) is 5. The van der Waals surface area contributed by atoms with Gasteiger partial charge in [0.15, 0.2) is 17.5 Å². The third-order valence-corrected chi connectivity index (χ3v) is 14.0. The Kier molecular flexibility index (Phi) is 7.97. The van der Waals surface area contributed by atoms with Crippen LogP contribution in [0, 0.1) is 0 Å². The van der Waals surface area contributed by atoms with Gasteiger partial charge in [0.05, 0.1) is 27.5 Å². The largest absolute Gasteiger partial charge is 0.456 e. The Balaban J connectivity index is 0.934. The lowest BCUT2D eigenvalue weighted by molar-refractivity contribution is 0.669. The molecule has 0 spiro atoms. The topological polar surface area (TPSA) is 69.4 Å². The van der Waals surface area contributed by atoms with Crippen molar-refractivity contribution >= 4 is 82.0 Å². The first-order valence-corrected chi connectivity index (χ1v) is 23.3. The normalized spacial score (nSPS) is 12.1. The molecular formula is C63H36N4O2. The van der Waals surface area contributed by atoms with Gasteiger partial charge in [-0.25, -0.2) is 15.0 Å². The number of rotatable bonds is 6. The number of hydrogen-bond donors (Lipinski definition) is 0. The molecule has 5 heterocycles. The lowest BCUT2D eigenvalue weighted by Crippen LogP contribution is -2.01. The highest BCUT2D eigenvalue weighted by Crippen LogP contribution is 2.46. The predicted molar refractivity (Wildman–Crippen MR) is 282 cm³/mol. The Morgan fingerprint density at radius 3 is 1.65 bits per heavy atom. The van der Waals surface area contributed by atoms with E-state index in [1.165, 1.54) is 27.1 Å². The van der Waals surface area contributed by atoms with Gasteiger partial charge in [0.25, 0.3) is 0 Å². The summed E-state index contributed by atoms with van der Waals surface area (Å²) in [5, 5.41) is 9.14. The summed E-state index contributed by atoms with van der Waals surface area (Å²) < 4.78 is 15.6. The first-order chi connectivity index (χ1) is 34.2. The fourth-order valence-corrected chi connectivity index (χ4v) is 10.9. The fraction of sp³-hybridized carbons (Fsp3) is 0. The smallest absolute Gasteiger partial charge is 0.167 e. The lowest BCUT2D eigenvalue weighted by atomic mass is 9.95. The van der Waals surface area contributed by atoms with E-state index in [2.05, 4.69) is 186 Å². The maximum absolute atomic E-state index is 6.58. The van der Waals surface area contributed by atoms with Crippen molar-refractivity contribution in [3.8, 4) is 67.5 Å². The summed E-state index contributed by atoms with van der Waals surface area (Å²) >= 11 is 0. The number of nitrogens with zero attached hydrogens (tertiary/aromatic N) is 4. The van der Waals surface area contributed by atoms with E-state index < -0.39 is 0 Å². The third kappa shape index (κ3) is 5.69. The van der Waals surface area contributed by atoms with Gasteiger partial charge in [0.2, 0.25) is 0 Å². The highest BCUT2D eigenvalue weighted by atomic mass is 16.3. The second kappa shape index (κ2) is 14.6. The Morgan fingerprint density at radius 1 is 0.290 bits per heavy atom. The molecule has 0 aliphatic carbocycles. The average molecular weight is 881 g/mol. The summed E-state index contributed by atoms with van der Waals surface area (Å²) in [7, 11) is 0. The number of fused-ring (bicyclic) bond motifs is 9. The van der Waals surface area contributed by atoms with E-state index in [0.29, 0.717) is 17.5 Å². The van der Waals surface area contributed by atoms with Crippen molar-refractivity contribution in [1.82, 2.24) is 19.4 Å². The molecule has 0 saturated carbocycles. The van der Waals surface area contributed by atoms with Crippen LogP contribution in [0.3, 0.4) is 0 Å². The highest BCUT2D eigenvalue weighted by molar-refractivity contribution is 6.32. The third-order valence-electron chi connectivity index (χ3n) is 14.0. The van der Waals surface area contributed by atoms with Crippen LogP contribution in [-0.4, -0.2) is 19.4 Å². The molecule has 0 fully saturated rings. The first-order valence-electron chi connectivity index (χ1n) is 23.3. The Morgan fingerprint density at radius 2 is 0.855 bits per heavy atom. The molecule has 320 valence electrons. The minimum absolute atomic E-state index is 0.538. The molecule has 0 atom stereocenters. The van der Waals surface area contributed by atoms with E-state index in [1.807, 2.05) is 36.4 Å². The molecule has 10 aromatic carbocycles. The van der Waals surface area contributed by atoms with Crippen molar-refractivity contribution in [3.05, 3.63) is 218 Å². The zero-order valence-electron chi connectivity index (χ0n) is 36.9. The van der Waals surface area contributed by atoms with E-state index in [9.17, 15) is 0 Å². The maximum Gasteiger partial charge on any atom is 0.167 e. The molecule has 0 aliphatic heterocycles. The quantitative estimate of drug-likeness (QED) is 0.166.